The summed E-state index contributed by atoms with van der Waals surface area (Å²) in [6.07, 6.45) is -2.61. The Morgan fingerprint density at radius 1 is 0.703 bits per heavy atom. The van der Waals surface area contributed by atoms with Crippen molar-refractivity contribution in [3.05, 3.63) is 0 Å². The van der Waals surface area contributed by atoms with Gasteiger partial charge in [0.25, 0.3) is 0 Å². The number of hydrogen-bond acceptors (Lipinski definition) is 9. The maximum absolute atomic E-state index is 12.8. The van der Waals surface area contributed by atoms with Gasteiger partial charge in [-0.15, -0.1) is 0 Å². The van der Waals surface area contributed by atoms with Crippen LogP contribution in [0, 0.1) is 0 Å². The minimum absolute atomic E-state index is 0.0145. The van der Waals surface area contributed by atoms with Crippen LogP contribution in [0.2, 0.25) is 0 Å². The first kappa shape index (κ1) is 32.5. The predicted molar refractivity (Wildman–Crippen MR) is 124 cm³/mol. The van der Waals surface area contributed by atoms with Crippen LogP contribution in [-0.2, 0) is 33.6 Å². The number of guanidine groups is 1. The highest BCUT2D eigenvalue weighted by Gasteiger charge is 2.31. The number of nitrogens with zero attached hydrogens (tertiary/aromatic N) is 1. The molecule has 0 saturated heterocycles. The molecule has 0 aliphatic rings. The van der Waals surface area contributed by atoms with Crippen LogP contribution in [0.25, 0.3) is 0 Å². The number of carbonyl (C=O) groups excluding carboxylic acids is 4. The molecule has 208 valence electrons. The van der Waals surface area contributed by atoms with Crippen molar-refractivity contribution in [1.29, 1.82) is 0 Å². The normalized spacial score (nSPS) is 13.6. The summed E-state index contributed by atoms with van der Waals surface area (Å²) < 4.78 is 0. The van der Waals surface area contributed by atoms with Crippen LogP contribution < -0.4 is 38.9 Å². The molecule has 4 amide bonds. The lowest BCUT2D eigenvalue weighted by Gasteiger charge is -2.24. The quantitative estimate of drug-likeness (QED) is 0.0450. The molecule has 14 N–H and O–H groups in total. The SMILES string of the molecule is NC(=O)CC(N)C(=O)NC(CC(=O)O)C(=O)NC(CCCN=C(N)N)C(=O)NC(CCC(=O)O)C(=O)O. The first-order chi connectivity index (χ1) is 17.1. The Bertz CT molecular complexity index is 905. The van der Waals surface area contributed by atoms with E-state index in [1.54, 1.807) is 0 Å². The van der Waals surface area contributed by atoms with Gasteiger partial charge in [0.05, 0.1) is 18.9 Å². The molecule has 0 rings (SSSR count). The third-order valence-corrected chi connectivity index (χ3v) is 4.61. The molecule has 0 aliphatic carbocycles. The highest BCUT2D eigenvalue weighted by atomic mass is 16.4. The van der Waals surface area contributed by atoms with Crippen molar-refractivity contribution >= 4 is 47.5 Å². The number of amides is 4. The molecule has 37 heavy (non-hydrogen) atoms. The standard InChI is InChI=1S/C19H32N8O10/c20-8(6-12(21)28)15(33)27-11(7-14(31)32)17(35)25-9(2-1-5-24-19(22)23)16(34)26-10(18(36)37)3-4-13(29)30/h8-11H,1-7,20H2,(H2,21,28)(H,25,35)(H,26,34)(H,27,33)(H,29,30)(H,31,32)(H,36,37)(H4,22,23,24). The van der Waals surface area contributed by atoms with E-state index in [1.165, 1.54) is 0 Å². The molecule has 18 heteroatoms. The van der Waals surface area contributed by atoms with Crippen molar-refractivity contribution < 1.29 is 48.9 Å². The Morgan fingerprint density at radius 2 is 1.24 bits per heavy atom. The number of rotatable bonds is 18. The zero-order chi connectivity index (χ0) is 28.7. The molecule has 0 aromatic carbocycles. The smallest absolute Gasteiger partial charge is 0.326 e. The van der Waals surface area contributed by atoms with Gasteiger partial charge in [-0.3, -0.25) is 33.8 Å². The van der Waals surface area contributed by atoms with Gasteiger partial charge in [-0.1, -0.05) is 0 Å². The van der Waals surface area contributed by atoms with Crippen LogP contribution in [0.1, 0.15) is 38.5 Å². The first-order valence-corrected chi connectivity index (χ1v) is 10.8. The van der Waals surface area contributed by atoms with E-state index in [4.69, 9.17) is 33.1 Å². The van der Waals surface area contributed by atoms with Crippen molar-refractivity contribution in [2.24, 2.45) is 27.9 Å². The number of aliphatic carboxylic acids is 3. The zero-order valence-corrected chi connectivity index (χ0v) is 19.7. The Balaban J connectivity index is 5.69. The van der Waals surface area contributed by atoms with Crippen LogP contribution in [0.5, 0.6) is 0 Å². The number of carbonyl (C=O) groups is 7. The molecule has 0 aromatic rings. The van der Waals surface area contributed by atoms with Crippen LogP contribution in [0.3, 0.4) is 0 Å². The fraction of sp³-hybridized carbons (Fsp3) is 0.579. The van der Waals surface area contributed by atoms with E-state index in [9.17, 15) is 38.7 Å². The fourth-order valence-electron chi connectivity index (χ4n) is 2.81. The van der Waals surface area contributed by atoms with Gasteiger partial charge in [0.2, 0.25) is 23.6 Å². The highest BCUT2D eigenvalue weighted by Crippen LogP contribution is 2.05. The van der Waals surface area contributed by atoms with Crippen molar-refractivity contribution in [1.82, 2.24) is 16.0 Å². The van der Waals surface area contributed by atoms with Crippen LogP contribution in [0.4, 0.5) is 0 Å². The van der Waals surface area contributed by atoms with E-state index in [2.05, 4.69) is 20.9 Å². The van der Waals surface area contributed by atoms with Gasteiger partial charge in [0.1, 0.15) is 18.1 Å². The van der Waals surface area contributed by atoms with Crippen molar-refractivity contribution in [3.8, 4) is 0 Å². The van der Waals surface area contributed by atoms with Gasteiger partial charge in [-0.25, -0.2) is 4.79 Å². The molecule has 0 aromatic heterocycles. The first-order valence-electron chi connectivity index (χ1n) is 10.8. The highest BCUT2D eigenvalue weighted by molar-refractivity contribution is 5.96. The Morgan fingerprint density at radius 3 is 1.73 bits per heavy atom. The molecule has 0 saturated carbocycles. The average Bonchev–Trinajstić information content (AvgIpc) is 2.76. The summed E-state index contributed by atoms with van der Waals surface area (Å²) in [4.78, 5) is 85.8. The van der Waals surface area contributed by atoms with Gasteiger partial charge < -0.3 is 54.2 Å². The third-order valence-electron chi connectivity index (χ3n) is 4.61. The van der Waals surface area contributed by atoms with Crippen molar-refractivity contribution in [3.63, 3.8) is 0 Å². The zero-order valence-electron chi connectivity index (χ0n) is 19.7. The van der Waals surface area contributed by atoms with Gasteiger partial charge in [-0.05, 0) is 19.3 Å². The number of hydrogen-bond donors (Lipinski definition) is 10. The summed E-state index contributed by atoms with van der Waals surface area (Å²) in [6, 6.07) is -6.28. The van der Waals surface area contributed by atoms with E-state index in [-0.39, 0.29) is 25.3 Å². The maximum Gasteiger partial charge on any atom is 0.326 e. The lowest BCUT2D eigenvalue weighted by Crippen LogP contribution is -2.57. The Labute approximate surface area is 210 Å². The monoisotopic (exact) mass is 532 g/mol. The van der Waals surface area contributed by atoms with E-state index >= 15 is 0 Å². The fourth-order valence-corrected chi connectivity index (χ4v) is 2.81. The molecular weight excluding hydrogens is 500 g/mol. The number of carboxylic acids is 3. The average molecular weight is 533 g/mol. The lowest BCUT2D eigenvalue weighted by atomic mass is 10.1. The predicted octanol–water partition coefficient (Wildman–Crippen LogP) is -4.88. The maximum atomic E-state index is 12.8. The van der Waals surface area contributed by atoms with Crippen LogP contribution >= 0.6 is 0 Å². The summed E-state index contributed by atoms with van der Waals surface area (Å²) in [5.74, 6) is -8.73. The Kier molecular flexibility index (Phi) is 14.3. The summed E-state index contributed by atoms with van der Waals surface area (Å²) in [5, 5.41) is 33.6. The summed E-state index contributed by atoms with van der Waals surface area (Å²) in [5.41, 5.74) is 20.9. The van der Waals surface area contributed by atoms with E-state index in [1.807, 2.05) is 0 Å². The molecule has 4 unspecified atom stereocenters. The number of primary amides is 1. The van der Waals surface area contributed by atoms with E-state index in [0.717, 1.165) is 0 Å². The molecule has 4 atom stereocenters. The van der Waals surface area contributed by atoms with Gasteiger partial charge in [0.15, 0.2) is 5.96 Å². The second-order valence-electron chi connectivity index (χ2n) is 7.78. The molecular formula is C19H32N8O10. The largest absolute Gasteiger partial charge is 0.481 e. The van der Waals surface area contributed by atoms with Gasteiger partial charge in [0, 0.05) is 13.0 Å². The van der Waals surface area contributed by atoms with E-state index < -0.39 is 91.4 Å². The minimum atomic E-state index is -1.74. The van der Waals surface area contributed by atoms with Gasteiger partial charge in [-0.2, -0.15) is 0 Å². The topological polar surface area (TPSA) is 333 Å². The summed E-state index contributed by atoms with van der Waals surface area (Å²) >= 11 is 0. The molecule has 0 aliphatic heterocycles. The Hall–Kier alpha value is -4.48. The van der Waals surface area contributed by atoms with Crippen molar-refractivity contribution in [2.75, 3.05) is 6.54 Å². The second kappa shape index (κ2) is 16.2. The van der Waals surface area contributed by atoms with Crippen molar-refractivity contribution in [2.45, 2.75) is 62.7 Å². The number of nitrogens with two attached hydrogens (primary N) is 4. The molecule has 0 fully saturated rings. The number of nitrogens with one attached hydrogen (secondary N) is 3. The van der Waals surface area contributed by atoms with E-state index in [0.29, 0.717) is 0 Å². The summed E-state index contributed by atoms with van der Waals surface area (Å²) in [7, 11) is 0. The van der Waals surface area contributed by atoms with Gasteiger partial charge >= 0.3 is 17.9 Å². The number of carboxylic acid groups (broad SMARTS) is 3. The van der Waals surface area contributed by atoms with Crippen LogP contribution in [0.15, 0.2) is 4.99 Å². The minimum Gasteiger partial charge on any atom is -0.481 e. The van der Waals surface area contributed by atoms with Crippen LogP contribution in [-0.4, -0.2) is 93.5 Å². The molecule has 0 heterocycles. The molecule has 0 bridgehead atoms. The molecule has 0 spiro atoms. The second-order valence-corrected chi connectivity index (χ2v) is 7.78. The summed E-state index contributed by atoms with van der Waals surface area (Å²) in [6.45, 7) is 0.0145. The third kappa shape index (κ3) is 14.5. The number of aliphatic imine (C=N–C) groups is 1. The molecule has 18 nitrogen and oxygen atoms in total. The lowest BCUT2D eigenvalue weighted by molar-refractivity contribution is -0.144. The molecule has 0 radical (unpaired) electrons.